The van der Waals surface area contributed by atoms with Crippen LogP contribution in [-0.2, 0) is 0 Å². The number of rotatable bonds is 5. The standard InChI is InChI=1S/C45H28N4S/c1-3-13-29(14-4-1)31-17-11-19-33(27-31)43-46-44(34-20-12-18-32(28-34)30-15-5-2-6-16-30)48-45(47-43)49-37-23-9-7-21-35(37)41-38(49)25-26-40-42(41)36-22-8-10-24-39(36)50-40/h1-28H/i7D,8D,9D,10D,21D,22D,23D,24D,25D,26D. The Labute approximate surface area is 306 Å². The van der Waals surface area contributed by atoms with Gasteiger partial charge in [0.15, 0.2) is 11.6 Å². The average Bonchev–Trinajstić information content (AvgIpc) is 3.87. The fourth-order valence-corrected chi connectivity index (χ4v) is 7.45. The first-order valence-electron chi connectivity index (χ1n) is 20.9. The summed E-state index contributed by atoms with van der Waals surface area (Å²) in [4.78, 5) is 15.0. The van der Waals surface area contributed by atoms with Crippen molar-refractivity contribution >= 4 is 53.3 Å². The highest BCUT2D eigenvalue weighted by atomic mass is 32.1. The SMILES string of the molecule is [2H]c1c([2H])c([2H])c2c(sc3c([2H])c([2H])c4c(c5c([2H])c([2H])c([2H])c([2H])c5n4-c4nc(-c5cccc(-c6ccccc6)c5)nc(-c5cccc(-c6ccccc6)c5)n4)c32)c1[2H]. The maximum atomic E-state index is 9.53. The van der Waals surface area contributed by atoms with E-state index < -0.39 is 36.3 Å². The summed E-state index contributed by atoms with van der Waals surface area (Å²) in [6, 6.07) is 30.8. The van der Waals surface area contributed by atoms with Gasteiger partial charge in [-0.2, -0.15) is 9.97 Å². The summed E-state index contributed by atoms with van der Waals surface area (Å²) >= 11 is 0.950. The van der Waals surface area contributed by atoms with Crippen LogP contribution in [0.3, 0.4) is 0 Å². The van der Waals surface area contributed by atoms with Gasteiger partial charge >= 0.3 is 0 Å². The molecule has 0 radical (unpaired) electrons. The summed E-state index contributed by atoms with van der Waals surface area (Å²) in [5, 5.41) is 0.415. The lowest BCUT2D eigenvalue weighted by molar-refractivity contribution is 0.954. The predicted octanol–water partition coefficient (Wildman–Crippen LogP) is 12.0. The van der Waals surface area contributed by atoms with Crippen LogP contribution in [0.25, 0.3) is 93.0 Å². The molecule has 5 heteroatoms. The number of benzene rings is 7. The Morgan fingerprint density at radius 2 is 1.00 bits per heavy atom. The molecule has 0 aliphatic heterocycles. The van der Waals surface area contributed by atoms with Gasteiger partial charge in [-0.3, -0.25) is 4.57 Å². The van der Waals surface area contributed by atoms with E-state index in [0.717, 1.165) is 33.6 Å². The molecule has 7 aromatic carbocycles. The highest BCUT2D eigenvalue weighted by Crippen LogP contribution is 2.43. The Balaban J connectivity index is 1.37. The van der Waals surface area contributed by atoms with Crippen LogP contribution >= 0.6 is 11.3 Å². The summed E-state index contributed by atoms with van der Waals surface area (Å²) in [7, 11) is 0. The van der Waals surface area contributed by atoms with Crippen LogP contribution in [0, 0.1) is 0 Å². The maximum Gasteiger partial charge on any atom is 0.238 e. The summed E-state index contributed by atoms with van der Waals surface area (Å²) in [6.07, 6.45) is 0. The Morgan fingerprint density at radius 3 is 1.66 bits per heavy atom. The fourth-order valence-electron chi connectivity index (χ4n) is 6.48. The van der Waals surface area contributed by atoms with E-state index in [1.54, 1.807) is 0 Å². The van der Waals surface area contributed by atoms with Gasteiger partial charge in [-0.15, -0.1) is 11.3 Å². The first kappa shape index (κ1) is 20.2. The lowest BCUT2D eigenvalue weighted by atomic mass is 10.0. The van der Waals surface area contributed by atoms with E-state index in [2.05, 4.69) is 0 Å². The normalized spacial score (nSPS) is 14.4. The molecule has 0 saturated heterocycles. The molecule has 0 aliphatic rings. The molecular weight excluding hydrogens is 629 g/mol. The molecular formula is C45H28N4S. The van der Waals surface area contributed by atoms with Gasteiger partial charge in [-0.25, -0.2) is 4.98 Å². The minimum Gasteiger partial charge on any atom is -0.278 e. The van der Waals surface area contributed by atoms with Crippen molar-refractivity contribution < 1.29 is 13.7 Å². The van der Waals surface area contributed by atoms with Crippen LogP contribution in [0.5, 0.6) is 0 Å². The zero-order valence-electron chi connectivity index (χ0n) is 36.1. The molecule has 3 aromatic heterocycles. The van der Waals surface area contributed by atoms with Crippen LogP contribution in [0.15, 0.2) is 170 Å². The lowest BCUT2D eigenvalue weighted by Crippen LogP contribution is -2.06. The zero-order valence-corrected chi connectivity index (χ0v) is 26.9. The smallest absolute Gasteiger partial charge is 0.238 e. The van der Waals surface area contributed by atoms with Crippen LogP contribution in [-0.4, -0.2) is 19.5 Å². The van der Waals surface area contributed by atoms with Gasteiger partial charge in [0.25, 0.3) is 0 Å². The number of thiophene rings is 1. The van der Waals surface area contributed by atoms with E-state index in [4.69, 9.17) is 23.2 Å². The third-order valence-electron chi connectivity index (χ3n) is 8.76. The largest absolute Gasteiger partial charge is 0.278 e. The Hall–Kier alpha value is -6.43. The first-order valence-corrected chi connectivity index (χ1v) is 16.7. The Kier molecular flexibility index (Phi) is 4.69. The van der Waals surface area contributed by atoms with Crippen molar-refractivity contribution in [1.29, 1.82) is 0 Å². The third kappa shape index (κ3) is 4.71. The van der Waals surface area contributed by atoms with Gasteiger partial charge in [0, 0.05) is 42.1 Å². The van der Waals surface area contributed by atoms with E-state index in [-0.39, 0.29) is 83.7 Å². The van der Waals surface area contributed by atoms with Crippen LogP contribution in [0.2, 0.25) is 0 Å². The number of nitrogens with zero attached hydrogens (tertiary/aromatic N) is 4. The second-order valence-corrected chi connectivity index (χ2v) is 12.7. The molecule has 0 unspecified atom stereocenters. The number of hydrogen-bond acceptors (Lipinski definition) is 4. The monoisotopic (exact) mass is 666 g/mol. The van der Waals surface area contributed by atoms with E-state index >= 15 is 0 Å². The van der Waals surface area contributed by atoms with Crippen LogP contribution in [0.1, 0.15) is 13.7 Å². The van der Waals surface area contributed by atoms with E-state index in [0.29, 0.717) is 11.1 Å². The van der Waals surface area contributed by atoms with Crippen molar-refractivity contribution in [2.45, 2.75) is 0 Å². The zero-order chi connectivity index (χ0) is 41.7. The van der Waals surface area contributed by atoms with Gasteiger partial charge in [0.1, 0.15) is 0 Å². The first-order chi connectivity index (χ1) is 28.9. The van der Waals surface area contributed by atoms with Crippen molar-refractivity contribution in [3.8, 4) is 51.0 Å². The minimum atomic E-state index is -0.539. The Morgan fingerprint density at radius 1 is 0.440 bits per heavy atom. The molecule has 0 saturated carbocycles. The molecule has 4 nitrogen and oxygen atoms in total. The molecule has 0 N–H and O–H groups in total. The van der Waals surface area contributed by atoms with Gasteiger partial charge in [-0.1, -0.05) is 133 Å². The van der Waals surface area contributed by atoms with Crippen molar-refractivity contribution in [1.82, 2.24) is 19.5 Å². The second kappa shape index (κ2) is 11.6. The number of para-hydroxylation sites is 1. The summed E-state index contributed by atoms with van der Waals surface area (Å²) in [5.41, 5.74) is 4.91. The maximum absolute atomic E-state index is 9.53. The lowest BCUT2D eigenvalue weighted by Gasteiger charge is -2.12. The van der Waals surface area contributed by atoms with Gasteiger partial charge < -0.3 is 0 Å². The highest BCUT2D eigenvalue weighted by Gasteiger charge is 2.21. The molecule has 0 fully saturated rings. The predicted molar refractivity (Wildman–Crippen MR) is 209 cm³/mol. The van der Waals surface area contributed by atoms with E-state index in [1.165, 1.54) is 4.57 Å². The highest BCUT2D eigenvalue weighted by molar-refractivity contribution is 7.26. The quantitative estimate of drug-likeness (QED) is 0.184. The van der Waals surface area contributed by atoms with Crippen molar-refractivity contribution in [3.63, 3.8) is 0 Å². The molecule has 50 heavy (non-hydrogen) atoms. The molecule has 10 rings (SSSR count). The van der Waals surface area contributed by atoms with Crippen LogP contribution < -0.4 is 0 Å². The number of hydrogen-bond donors (Lipinski definition) is 0. The third-order valence-corrected chi connectivity index (χ3v) is 9.78. The van der Waals surface area contributed by atoms with E-state index in [9.17, 15) is 5.48 Å². The van der Waals surface area contributed by atoms with Crippen LogP contribution in [0.4, 0.5) is 0 Å². The summed E-state index contributed by atoms with van der Waals surface area (Å²) < 4.78 is 91.4. The van der Waals surface area contributed by atoms with Crippen molar-refractivity contribution in [2.75, 3.05) is 0 Å². The molecule has 234 valence electrons. The fraction of sp³-hybridized carbons (Fsp3) is 0. The number of fused-ring (bicyclic) bond motifs is 7. The van der Waals surface area contributed by atoms with Gasteiger partial charge in [0.05, 0.1) is 24.7 Å². The average molecular weight is 667 g/mol. The summed E-state index contributed by atoms with van der Waals surface area (Å²) in [6.45, 7) is 0. The molecule has 0 bridgehead atoms. The molecule has 0 atom stereocenters. The number of aromatic nitrogens is 4. The second-order valence-electron chi connectivity index (χ2n) is 11.7. The molecule has 3 heterocycles. The summed E-state index contributed by atoms with van der Waals surface area (Å²) in [5.74, 6) is 0.397. The van der Waals surface area contributed by atoms with Gasteiger partial charge in [0.2, 0.25) is 5.95 Å². The molecule has 0 aliphatic carbocycles. The molecule has 0 spiro atoms. The Bertz CT molecular complexity index is 3340. The molecule has 10 aromatic rings. The van der Waals surface area contributed by atoms with Crippen molar-refractivity contribution in [3.05, 3.63) is 170 Å². The topological polar surface area (TPSA) is 43.6 Å². The minimum absolute atomic E-state index is 0.00210. The van der Waals surface area contributed by atoms with Crippen molar-refractivity contribution in [2.24, 2.45) is 0 Å². The van der Waals surface area contributed by atoms with E-state index in [1.807, 2.05) is 109 Å². The molecule has 0 amide bonds. The van der Waals surface area contributed by atoms with Gasteiger partial charge in [-0.05, 0) is 58.6 Å².